The molecule has 0 heterocycles. The molecular formula is C22H31F2N3. The first-order valence-corrected chi connectivity index (χ1v) is 10.2. The summed E-state index contributed by atoms with van der Waals surface area (Å²) in [6.45, 7) is 12.8. The van der Waals surface area contributed by atoms with Crippen molar-refractivity contribution in [2.75, 3.05) is 17.2 Å². The van der Waals surface area contributed by atoms with Crippen LogP contribution in [0.5, 0.6) is 0 Å². The summed E-state index contributed by atoms with van der Waals surface area (Å²) >= 11 is 0. The van der Waals surface area contributed by atoms with E-state index in [-0.39, 0.29) is 18.9 Å². The van der Waals surface area contributed by atoms with E-state index in [1.807, 2.05) is 18.2 Å². The summed E-state index contributed by atoms with van der Waals surface area (Å²) in [5.41, 5.74) is 8.63. The highest BCUT2D eigenvalue weighted by molar-refractivity contribution is 5.69. The Morgan fingerprint density at radius 2 is 1.81 bits per heavy atom. The minimum Gasteiger partial charge on any atom is -0.397 e. The van der Waals surface area contributed by atoms with Crippen LogP contribution >= 0.6 is 0 Å². The lowest BCUT2D eigenvalue weighted by Crippen LogP contribution is -2.43. The molecule has 148 valence electrons. The SMILES string of the molecule is [C-]#[N+]C1(c2ccc(N(CC(C)C)C3CCC(F)(F)CC3)c(N)c2)CCCC1. The van der Waals surface area contributed by atoms with Crippen LogP contribution in [0.15, 0.2) is 18.2 Å². The van der Waals surface area contributed by atoms with Crippen molar-refractivity contribution >= 4 is 11.4 Å². The van der Waals surface area contributed by atoms with E-state index in [4.69, 9.17) is 12.3 Å². The van der Waals surface area contributed by atoms with Crippen molar-refractivity contribution in [1.82, 2.24) is 0 Å². The van der Waals surface area contributed by atoms with E-state index >= 15 is 0 Å². The number of benzene rings is 1. The standard InChI is InChI=1S/C22H31F2N3/c1-16(2)15-27(18-8-12-22(23,24)13-9-18)20-7-6-17(14-19(20)25)21(26-3)10-4-5-11-21/h6-7,14,16,18H,4-5,8-13,15,25H2,1-2H3. The van der Waals surface area contributed by atoms with Gasteiger partial charge in [-0.25, -0.2) is 15.4 Å². The Kier molecular flexibility index (Phi) is 5.65. The second kappa shape index (κ2) is 7.66. The molecule has 0 unspecified atom stereocenters. The molecule has 2 N–H and O–H groups in total. The quantitative estimate of drug-likeness (QED) is 0.506. The zero-order valence-corrected chi connectivity index (χ0v) is 16.5. The highest BCUT2D eigenvalue weighted by Gasteiger charge is 2.43. The molecule has 0 aliphatic heterocycles. The van der Waals surface area contributed by atoms with Crippen molar-refractivity contribution in [3.63, 3.8) is 0 Å². The number of alkyl halides is 2. The Balaban J connectivity index is 1.88. The number of rotatable bonds is 5. The van der Waals surface area contributed by atoms with Crippen molar-refractivity contribution in [2.24, 2.45) is 5.92 Å². The van der Waals surface area contributed by atoms with Crippen LogP contribution < -0.4 is 10.6 Å². The second-order valence-corrected chi connectivity index (χ2v) is 8.76. The first-order chi connectivity index (χ1) is 12.8. The van der Waals surface area contributed by atoms with Crippen LogP contribution in [0.2, 0.25) is 0 Å². The second-order valence-electron chi connectivity index (χ2n) is 8.76. The van der Waals surface area contributed by atoms with Gasteiger partial charge in [0.15, 0.2) is 0 Å². The van der Waals surface area contributed by atoms with Crippen LogP contribution in [0, 0.1) is 12.5 Å². The molecule has 0 spiro atoms. The molecule has 5 heteroatoms. The van der Waals surface area contributed by atoms with Gasteiger partial charge < -0.3 is 15.5 Å². The van der Waals surface area contributed by atoms with E-state index in [9.17, 15) is 8.78 Å². The van der Waals surface area contributed by atoms with Crippen molar-refractivity contribution < 1.29 is 8.78 Å². The molecule has 27 heavy (non-hydrogen) atoms. The number of nitrogens with zero attached hydrogens (tertiary/aromatic N) is 2. The summed E-state index contributed by atoms with van der Waals surface area (Å²) in [5.74, 6) is -2.11. The predicted molar refractivity (Wildman–Crippen MR) is 107 cm³/mol. The van der Waals surface area contributed by atoms with Gasteiger partial charge in [0.1, 0.15) is 0 Å². The molecule has 3 rings (SSSR count). The topological polar surface area (TPSA) is 33.6 Å². The first kappa shape index (κ1) is 19.9. The fourth-order valence-corrected chi connectivity index (χ4v) is 4.70. The van der Waals surface area contributed by atoms with E-state index in [0.29, 0.717) is 24.4 Å². The summed E-state index contributed by atoms with van der Waals surface area (Å²) in [4.78, 5) is 6.19. The molecule has 0 atom stereocenters. The molecular weight excluding hydrogens is 344 g/mol. The Bertz CT molecular complexity index is 692. The van der Waals surface area contributed by atoms with Crippen LogP contribution in [0.25, 0.3) is 4.85 Å². The largest absolute Gasteiger partial charge is 0.397 e. The average Bonchev–Trinajstić information content (AvgIpc) is 3.10. The smallest absolute Gasteiger partial charge is 0.257 e. The average molecular weight is 376 g/mol. The van der Waals surface area contributed by atoms with Gasteiger partial charge in [-0.05, 0) is 49.8 Å². The maximum Gasteiger partial charge on any atom is 0.257 e. The van der Waals surface area contributed by atoms with Crippen molar-refractivity contribution in [1.29, 1.82) is 0 Å². The van der Waals surface area contributed by atoms with Crippen LogP contribution in [-0.2, 0) is 5.54 Å². The first-order valence-electron chi connectivity index (χ1n) is 10.2. The highest BCUT2D eigenvalue weighted by Crippen LogP contribution is 2.45. The van der Waals surface area contributed by atoms with Crippen LogP contribution in [0.4, 0.5) is 20.2 Å². The van der Waals surface area contributed by atoms with Gasteiger partial charge in [0.25, 0.3) is 5.54 Å². The Hall–Kier alpha value is -1.83. The molecule has 1 aromatic carbocycles. The van der Waals surface area contributed by atoms with Gasteiger partial charge in [0.2, 0.25) is 5.92 Å². The van der Waals surface area contributed by atoms with Gasteiger partial charge in [0, 0.05) is 43.8 Å². The van der Waals surface area contributed by atoms with Gasteiger partial charge >= 0.3 is 0 Å². The Morgan fingerprint density at radius 3 is 2.33 bits per heavy atom. The normalized spacial score (nSPS) is 21.9. The van der Waals surface area contributed by atoms with Gasteiger partial charge in [-0.2, -0.15) is 0 Å². The molecule has 2 aliphatic rings. The number of anilines is 2. The summed E-state index contributed by atoms with van der Waals surface area (Å²) in [6, 6.07) is 6.12. The molecule has 2 saturated carbocycles. The molecule has 0 aromatic heterocycles. The number of nitrogens with two attached hydrogens (primary N) is 1. The summed E-state index contributed by atoms with van der Waals surface area (Å²) in [7, 11) is 0. The van der Waals surface area contributed by atoms with Gasteiger partial charge in [0.05, 0.1) is 11.4 Å². The Morgan fingerprint density at radius 1 is 1.19 bits per heavy atom. The maximum atomic E-state index is 13.6. The van der Waals surface area contributed by atoms with E-state index in [1.54, 1.807) is 0 Å². The molecule has 2 aliphatic carbocycles. The molecule has 2 fully saturated rings. The zero-order valence-electron chi connectivity index (χ0n) is 16.5. The maximum absolute atomic E-state index is 13.6. The lowest BCUT2D eigenvalue weighted by molar-refractivity contribution is -0.0382. The van der Waals surface area contributed by atoms with Crippen molar-refractivity contribution in [3.8, 4) is 0 Å². The molecule has 3 nitrogen and oxygen atoms in total. The van der Waals surface area contributed by atoms with E-state index < -0.39 is 11.5 Å². The van der Waals surface area contributed by atoms with Gasteiger partial charge in [-0.1, -0.05) is 13.8 Å². The Labute approximate surface area is 161 Å². The third-order valence-corrected chi connectivity index (χ3v) is 6.21. The van der Waals surface area contributed by atoms with E-state index in [0.717, 1.165) is 43.5 Å². The third-order valence-electron chi connectivity index (χ3n) is 6.21. The molecule has 0 bridgehead atoms. The van der Waals surface area contributed by atoms with Gasteiger partial charge in [-0.3, -0.25) is 0 Å². The predicted octanol–water partition coefficient (Wildman–Crippen LogP) is 6.00. The number of hydrogen-bond acceptors (Lipinski definition) is 2. The fraction of sp³-hybridized carbons (Fsp3) is 0.682. The molecule has 0 amide bonds. The summed E-state index contributed by atoms with van der Waals surface area (Å²) < 4.78 is 27.2. The number of halogens is 2. The summed E-state index contributed by atoms with van der Waals surface area (Å²) in [6.07, 6.45) is 4.83. The third kappa shape index (κ3) is 4.20. The van der Waals surface area contributed by atoms with E-state index in [2.05, 4.69) is 23.6 Å². The van der Waals surface area contributed by atoms with Crippen molar-refractivity contribution in [2.45, 2.75) is 82.7 Å². The monoisotopic (exact) mass is 375 g/mol. The lowest BCUT2D eigenvalue weighted by atomic mass is 9.87. The molecule has 1 aromatic rings. The number of hydrogen-bond donors (Lipinski definition) is 1. The van der Waals surface area contributed by atoms with Crippen molar-refractivity contribution in [3.05, 3.63) is 35.2 Å². The van der Waals surface area contributed by atoms with Crippen LogP contribution in [-0.4, -0.2) is 18.5 Å². The lowest BCUT2D eigenvalue weighted by Gasteiger charge is -2.40. The minimum atomic E-state index is -2.53. The highest BCUT2D eigenvalue weighted by atomic mass is 19.3. The van der Waals surface area contributed by atoms with Crippen LogP contribution in [0.1, 0.15) is 70.8 Å². The fourth-order valence-electron chi connectivity index (χ4n) is 4.70. The molecule has 0 radical (unpaired) electrons. The number of nitrogen functional groups attached to an aromatic ring is 1. The van der Waals surface area contributed by atoms with Crippen LogP contribution in [0.3, 0.4) is 0 Å². The molecule has 0 saturated heterocycles. The van der Waals surface area contributed by atoms with E-state index in [1.165, 1.54) is 0 Å². The van der Waals surface area contributed by atoms with Gasteiger partial charge in [-0.15, -0.1) is 0 Å². The minimum absolute atomic E-state index is 0.0505. The zero-order chi connectivity index (χ0) is 19.7. The summed E-state index contributed by atoms with van der Waals surface area (Å²) in [5, 5.41) is 0.